The lowest BCUT2D eigenvalue weighted by Gasteiger charge is -2.13. The lowest BCUT2D eigenvalue weighted by atomic mass is 9.95. The number of aryl methyl sites for hydroxylation is 1. The van der Waals surface area contributed by atoms with Gasteiger partial charge in [-0.1, -0.05) is 5.21 Å². The Morgan fingerprint density at radius 2 is 2.53 bits per heavy atom. The van der Waals surface area contributed by atoms with E-state index in [-0.39, 0.29) is 17.7 Å². The molecule has 0 saturated carbocycles. The van der Waals surface area contributed by atoms with Crippen LogP contribution in [-0.2, 0) is 6.54 Å². The predicted octanol–water partition coefficient (Wildman–Crippen LogP) is 0.479. The van der Waals surface area contributed by atoms with E-state index < -0.39 is 0 Å². The van der Waals surface area contributed by atoms with E-state index in [1.54, 1.807) is 10.9 Å². The number of aromatic nitrogens is 3. The molecule has 1 saturated heterocycles. The summed E-state index contributed by atoms with van der Waals surface area (Å²) in [6.45, 7) is 5.62. The van der Waals surface area contributed by atoms with Crippen molar-refractivity contribution in [3.05, 3.63) is 11.9 Å². The molecule has 82 valence electrons. The maximum Gasteiger partial charge on any atom is 0.187 e. The number of hydrogen-bond donors (Lipinski definition) is 1. The van der Waals surface area contributed by atoms with E-state index in [2.05, 4.69) is 22.6 Å². The van der Waals surface area contributed by atoms with Crippen LogP contribution in [0.2, 0.25) is 0 Å². The summed E-state index contributed by atoms with van der Waals surface area (Å²) in [6.07, 6.45) is 2.48. The van der Waals surface area contributed by atoms with Crippen LogP contribution in [0, 0.1) is 5.92 Å². The van der Waals surface area contributed by atoms with Crippen LogP contribution in [0.5, 0.6) is 0 Å². The highest BCUT2D eigenvalue weighted by Crippen LogP contribution is 2.19. The van der Waals surface area contributed by atoms with E-state index in [1.165, 1.54) is 0 Å². The highest BCUT2D eigenvalue weighted by Gasteiger charge is 2.31. The molecule has 1 aliphatic rings. The molecule has 0 amide bonds. The van der Waals surface area contributed by atoms with E-state index in [4.69, 9.17) is 0 Å². The normalized spacial score (nSPS) is 25.7. The van der Waals surface area contributed by atoms with Crippen LogP contribution in [-0.4, -0.2) is 33.4 Å². The molecule has 1 fully saturated rings. The Balaban J connectivity index is 2.20. The Morgan fingerprint density at radius 3 is 3.13 bits per heavy atom. The first-order valence-corrected chi connectivity index (χ1v) is 5.40. The summed E-state index contributed by atoms with van der Waals surface area (Å²) in [7, 11) is 0. The fourth-order valence-corrected chi connectivity index (χ4v) is 2.09. The Labute approximate surface area is 88.9 Å². The zero-order chi connectivity index (χ0) is 10.8. The first kappa shape index (κ1) is 10.3. The van der Waals surface area contributed by atoms with Crippen molar-refractivity contribution < 1.29 is 4.79 Å². The number of nitrogens with zero attached hydrogens (tertiary/aromatic N) is 3. The van der Waals surface area contributed by atoms with Crippen LogP contribution in [0.25, 0.3) is 0 Å². The van der Waals surface area contributed by atoms with Crippen molar-refractivity contribution in [2.45, 2.75) is 32.9 Å². The first-order valence-electron chi connectivity index (χ1n) is 5.40. The molecule has 2 unspecified atom stereocenters. The van der Waals surface area contributed by atoms with Crippen LogP contribution in [0.15, 0.2) is 6.20 Å². The van der Waals surface area contributed by atoms with Crippen molar-refractivity contribution in [2.24, 2.45) is 5.92 Å². The smallest absolute Gasteiger partial charge is 0.187 e. The van der Waals surface area contributed by atoms with E-state index >= 15 is 0 Å². The van der Waals surface area contributed by atoms with Crippen molar-refractivity contribution in [3.8, 4) is 0 Å². The molecule has 0 aromatic carbocycles. The first-order chi connectivity index (χ1) is 7.24. The monoisotopic (exact) mass is 208 g/mol. The Hall–Kier alpha value is -1.23. The third-order valence-corrected chi connectivity index (χ3v) is 3.03. The van der Waals surface area contributed by atoms with Gasteiger partial charge in [-0.3, -0.25) is 4.79 Å². The topological polar surface area (TPSA) is 59.8 Å². The summed E-state index contributed by atoms with van der Waals surface area (Å²) in [5.74, 6) is 0.244. The summed E-state index contributed by atoms with van der Waals surface area (Å²) in [5.41, 5.74) is 0.637. The van der Waals surface area contributed by atoms with Crippen LogP contribution < -0.4 is 5.32 Å². The molecule has 5 heteroatoms. The molecule has 0 radical (unpaired) electrons. The van der Waals surface area contributed by atoms with Crippen LogP contribution >= 0.6 is 0 Å². The van der Waals surface area contributed by atoms with Gasteiger partial charge in [0.1, 0.15) is 5.69 Å². The molecule has 2 rings (SSSR count). The standard InChI is InChI=1S/C10H16N4O/c1-3-14-9(6-12-13-14)10(15)8-4-5-11-7(8)2/h6-8,11H,3-5H2,1-2H3. The number of hydrogen-bond acceptors (Lipinski definition) is 4. The van der Waals surface area contributed by atoms with Crippen molar-refractivity contribution >= 4 is 5.78 Å². The van der Waals surface area contributed by atoms with Gasteiger partial charge < -0.3 is 5.32 Å². The molecule has 5 nitrogen and oxygen atoms in total. The van der Waals surface area contributed by atoms with Crippen molar-refractivity contribution in [1.82, 2.24) is 20.3 Å². The number of ketones is 1. The third kappa shape index (κ3) is 1.79. The molecule has 2 atom stereocenters. The number of carbonyl (C=O) groups excluding carboxylic acids is 1. The molecule has 1 aromatic rings. The van der Waals surface area contributed by atoms with Gasteiger partial charge in [0, 0.05) is 18.5 Å². The molecule has 1 aromatic heterocycles. The van der Waals surface area contributed by atoms with Gasteiger partial charge in [0.15, 0.2) is 5.78 Å². The zero-order valence-electron chi connectivity index (χ0n) is 9.10. The van der Waals surface area contributed by atoms with Crippen LogP contribution in [0.3, 0.4) is 0 Å². The average Bonchev–Trinajstić information content (AvgIpc) is 2.84. The van der Waals surface area contributed by atoms with E-state index in [0.717, 1.165) is 13.0 Å². The quantitative estimate of drug-likeness (QED) is 0.734. The lowest BCUT2D eigenvalue weighted by molar-refractivity contribution is 0.0903. The molecular formula is C10H16N4O. The van der Waals surface area contributed by atoms with Gasteiger partial charge in [-0.2, -0.15) is 0 Å². The van der Waals surface area contributed by atoms with Crippen LogP contribution in [0.4, 0.5) is 0 Å². The van der Waals surface area contributed by atoms with Crippen molar-refractivity contribution in [1.29, 1.82) is 0 Å². The maximum absolute atomic E-state index is 12.2. The number of Topliss-reactive ketones (excluding diaryl/α,β-unsaturated/α-hetero) is 1. The van der Waals surface area contributed by atoms with Gasteiger partial charge in [-0.15, -0.1) is 5.10 Å². The minimum atomic E-state index is 0.0776. The third-order valence-electron chi connectivity index (χ3n) is 3.03. The van der Waals surface area contributed by atoms with Gasteiger partial charge in [0.05, 0.1) is 6.20 Å². The number of nitrogens with one attached hydrogen (secondary N) is 1. The molecule has 0 bridgehead atoms. The van der Waals surface area contributed by atoms with Gasteiger partial charge in [-0.05, 0) is 26.8 Å². The van der Waals surface area contributed by atoms with E-state index in [1.807, 2.05) is 6.92 Å². The van der Waals surface area contributed by atoms with Gasteiger partial charge in [0.25, 0.3) is 0 Å². The minimum Gasteiger partial charge on any atom is -0.313 e. The summed E-state index contributed by atoms with van der Waals surface area (Å²) >= 11 is 0. The van der Waals surface area contributed by atoms with Gasteiger partial charge in [0.2, 0.25) is 0 Å². The highest BCUT2D eigenvalue weighted by molar-refractivity contribution is 5.96. The fraction of sp³-hybridized carbons (Fsp3) is 0.700. The molecular weight excluding hydrogens is 192 g/mol. The molecule has 2 heterocycles. The Kier molecular flexibility index (Phi) is 2.81. The van der Waals surface area contributed by atoms with Crippen molar-refractivity contribution in [2.75, 3.05) is 6.54 Å². The van der Waals surface area contributed by atoms with Gasteiger partial charge >= 0.3 is 0 Å². The summed E-state index contributed by atoms with van der Waals surface area (Å²) in [4.78, 5) is 12.2. The van der Waals surface area contributed by atoms with Gasteiger partial charge in [-0.25, -0.2) is 4.68 Å². The number of rotatable bonds is 3. The number of carbonyl (C=O) groups is 1. The molecule has 1 N–H and O–H groups in total. The second-order valence-corrected chi connectivity index (χ2v) is 3.94. The molecule has 0 aliphatic carbocycles. The van der Waals surface area contributed by atoms with Crippen LogP contribution in [0.1, 0.15) is 30.8 Å². The second-order valence-electron chi connectivity index (χ2n) is 3.94. The van der Waals surface area contributed by atoms with E-state index in [0.29, 0.717) is 12.2 Å². The molecule has 0 spiro atoms. The summed E-state index contributed by atoms with van der Waals surface area (Å²) < 4.78 is 1.66. The Bertz CT molecular complexity index is 360. The molecule has 1 aliphatic heterocycles. The lowest BCUT2D eigenvalue weighted by Crippen LogP contribution is -2.29. The SMILES string of the molecule is CCn1nncc1C(=O)C1CCNC1C. The minimum absolute atomic E-state index is 0.0776. The second kappa shape index (κ2) is 4.10. The van der Waals surface area contributed by atoms with E-state index in [9.17, 15) is 4.79 Å². The molecule has 15 heavy (non-hydrogen) atoms. The fourth-order valence-electron chi connectivity index (χ4n) is 2.09. The van der Waals surface area contributed by atoms with Crippen molar-refractivity contribution in [3.63, 3.8) is 0 Å². The highest BCUT2D eigenvalue weighted by atomic mass is 16.1. The average molecular weight is 208 g/mol. The largest absolute Gasteiger partial charge is 0.313 e. The summed E-state index contributed by atoms with van der Waals surface area (Å²) in [6, 6.07) is 0.262. The predicted molar refractivity (Wildman–Crippen MR) is 55.6 cm³/mol. The maximum atomic E-state index is 12.2. The zero-order valence-corrected chi connectivity index (χ0v) is 9.10. The summed E-state index contributed by atoms with van der Waals surface area (Å²) in [5, 5.41) is 10.9. The Morgan fingerprint density at radius 1 is 1.73 bits per heavy atom.